The van der Waals surface area contributed by atoms with Gasteiger partial charge in [-0.1, -0.05) is 21.0 Å². The lowest BCUT2D eigenvalue weighted by atomic mass is 10.2. The van der Waals surface area contributed by atoms with E-state index < -0.39 is 4.32 Å². The van der Waals surface area contributed by atoms with E-state index in [2.05, 4.69) is 31.5 Å². The van der Waals surface area contributed by atoms with Crippen LogP contribution < -0.4 is 4.90 Å². The van der Waals surface area contributed by atoms with Crippen LogP contribution in [0.25, 0.3) is 0 Å². The van der Waals surface area contributed by atoms with E-state index in [9.17, 15) is 4.79 Å². The SMILES string of the molecule is CN(C(=O)C(C)(C)Br)c1nnnn1C. The van der Waals surface area contributed by atoms with Crippen LogP contribution in [0.1, 0.15) is 13.8 Å². The molecule has 0 unspecified atom stereocenters. The Hall–Kier alpha value is -0.980. The third-order valence-corrected chi connectivity index (χ3v) is 2.05. The lowest BCUT2D eigenvalue weighted by Gasteiger charge is -2.22. The Morgan fingerprint density at radius 1 is 1.57 bits per heavy atom. The molecule has 14 heavy (non-hydrogen) atoms. The number of hydrogen-bond donors (Lipinski definition) is 0. The van der Waals surface area contributed by atoms with E-state index in [0.717, 1.165) is 0 Å². The average molecular weight is 262 g/mol. The van der Waals surface area contributed by atoms with E-state index in [1.54, 1.807) is 27.9 Å². The fourth-order valence-corrected chi connectivity index (χ4v) is 1.26. The van der Waals surface area contributed by atoms with Crippen molar-refractivity contribution >= 4 is 27.8 Å². The molecule has 1 aromatic rings. The van der Waals surface area contributed by atoms with E-state index >= 15 is 0 Å². The smallest absolute Gasteiger partial charge is 0.251 e. The number of aryl methyl sites for hydroxylation is 1. The van der Waals surface area contributed by atoms with Gasteiger partial charge >= 0.3 is 0 Å². The quantitative estimate of drug-likeness (QED) is 0.721. The molecule has 0 N–H and O–H groups in total. The number of hydrogen-bond acceptors (Lipinski definition) is 4. The van der Waals surface area contributed by atoms with Crippen molar-refractivity contribution in [1.29, 1.82) is 0 Å². The summed E-state index contributed by atoms with van der Waals surface area (Å²) < 4.78 is 0.824. The third-order valence-electron chi connectivity index (χ3n) is 1.71. The lowest BCUT2D eigenvalue weighted by Crippen LogP contribution is -2.40. The molecule has 0 aliphatic carbocycles. The maximum absolute atomic E-state index is 11.8. The number of alkyl halides is 1. The first-order valence-corrected chi connectivity index (χ1v) is 4.82. The maximum Gasteiger partial charge on any atom is 0.251 e. The zero-order valence-electron chi connectivity index (χ0n) is 8.52. The Bertz CT molecular complexity index is 342. The molecular weight excluding hydrogens is 250 g/mol. The zero-order valence-corrected chi connectivity index (χ0v) is 10.1. The predicted octanol–water partition coefficient (Wildman–Crippen LogP) is 0.346. The number of anilines is 1. The molecule has 0 fully saturated rings. The van der Waals surface area contributed by atoms with Crippen molar-refractivity contribution in [3.63, 3.8) is 0 Å². The molecule has 0 radical (unpaired) electrons. The summed E-state index contributed by atoms with van der Waals surface area (Å²) in [5.74, 6) is 0.318. The van der Waals surface area contributed by atoms with Gasteiger partial charge in [-0.3, -0.25) is 9.69 Å². The first-order valence-electron chi connectivity index (χ1n) is 4.03. The molecule has 0 saturated heterocycles. The number of aromatic nitrogens is 4. The van der Waals surface area contributed by atoms with Crippen molar-refractivity contribution in [2.45, 2.75) is 18.2 Å². The molecule has 0 bridgehead atoms. The average Bonchev–Trinajstić information content (AvgIpc) is 2.47. The summed E-state index contributed by atoms with van der Waals surface area (Å²) in [6, 6.07) is 0. The highest BCUT2D eigenvalue weighted by Crippen LogP contribution is 2.20. The fourth-order valence-electron chi connectivity index (χ4n) is 0.999. The van der Waals surface area contributed by atoms with Crippen LogP contribution in [-0.2, 0) is 11.8 Å². The summed E-state index contributed by atoms with van der Waals surface area (Å²) in [5, 5.41) is 10.8. The fraction of sp³-hybridized carbons (Fsp3) is 0.714. The normalized spacial score (nSPS) is 11.5. The number of halogens is 1. The molecule has 7 heteroatoms. The van der Waals surface area contributed by atoms with E-state index in [1.807, 2.05) is 0 Å². The Morgan fingerprint density at radius 2 is 2.14 bits per heavy atom. The molecule has 1 amide bonds. The number of carbonyl (C=O) groups is 1. The second-order valence-electron chi connectivity index (χ2n) is 3.44. The highest BCUT2D eigenvalue weighted by atomic mass is 79.9. The summed E-state index contributed by atoms with van der Waals surface area (Å²) >= 11 is 3.29. The van der Waals surface area contributed by atoms with Crippen molar-refractivity contribution in [3.8, 4) is 0 Å². The molecule has 0 aromatic carbocycles. The van der Waals surface area contributed by atoms with Gasteiger partial charge in [0.15, 0.2) is 0 Å². The second kappa shape index (κ2) is 3.64. The number of amides is 1. The summed E-state index contributed by atoms with van der Waals surface area (Å²) in [4.78, 5) is 13.2. The van der Waals surface area contributed by atoms with Crippen molar-refractivity contribution in [1.82, 2.24) is 20.2 Å². The molecule has 0 saturated carbocycles. The van der Waals surface area contributed by atoms with Crippen molar-refractivity contribution in [3.05, 3.63) is 0 Å². The van der Waals surface area contributed by atoms with E-state index in [0.29, 0.717) is 5.95 Å². The monoisotopic (exact) mass is 261 g/mol. The topological polar surface area (TPSA) is 63.9 Å². The Morgan fingerprint density at radius 3 is 2.50 bits per heavy atom. The van der Waals surface area contributed by atoms with Crippen molar-refractivity contribution < 1.29 is 4.79 Å². The molecule has 1 rings (SSSR count). The molecule has 0 aliphatic rings. The molecule has 0 atom stereocenters. The summed E-state index contributed by atoms with van der Waals surface area (Å²) in [7, 11) is 3.32. The minimum atomic E-state index is -0.617. The van der Waals surface area contributed by atoms with E-state index in [1.165, 1.54) is 9.58 Å². The van der Waals surface area contributed by atoms with Crippen LogP contribution in [0.3, 0.4) is 0 Å². The molecular formula is C7H12BrN5O. The minimum absolute atomic E-state index is 0.101. The van der Waals surface area contributed by atoms with Crippen LogP contribution in [0.4, 0.5) is 5.95 Å². The van der Waals surface area contributed by atoms with Gasteiger partial charge in [-0.2, -0.15) is 0 Å². The standard InChI is InChI=1S/C7H12BrN5O/c1-7(2,8)5(14)12(3)6-9-10-11-13(6)4/h1-4H3. The van der Waals surface area contributed by atoms with Gasteiger partial charge in [0.1, 0.15) is 0 Å². The largest absolute Gasteiger partial charge is 0.281 e. The first kappa shape index (κ1) is 11.1. The highest BCUT2D eigenvalue weighted by Gasteiger charge is 2.29. The maximum atomic E-state index is 11.8. The summed E-state index contributed by atoms with van der Waals surface area (Å²) in [5.41, 5.74) is 0. The van der Waals surface area contributed by atoms with Crippen LogP contribution in [0, 0.1) is 0 Å². The molecule has 0 aliphatic heterocycles. The molecule has 1 heterocycles. The number of nitrogens with zero attached hydrogens (tertiary/aromatic N) is 5. The second-order valence-corrected chi connectivity index (χ2v) is 5.42. The van der Waals surface area contributed by atoms with Crippen LogP contribution in [0.2, 0.25) is 0 Å². The van der Waals surface area contributed by atoms with Crippen LogP contribution in [0.15, 0.2) is 0 Å². The van der Waals surface area contributed by atoms with Crippen molar-refractivity contribution in [2.75, 3.05) is 11.9 Å². The highest BCUT2D eigenvalue weighted by molar-refractivity contribution is 9.10. The van der Waals surface area contributed by atoms with Gasteiger partial charge in [-0.25, -0.2) is 4.68 Å². The van der Waals surface area contributed by atoms with E-state index in [4.69, 9.17) is 0 Å². The zero-order chi connectivity index (χ0) is 10.9. The number of rotatable bonds is 2. The van der Waals surface area contributed by atoms with E-state index in [-0.39, 0.29) is 5.91 Å². The van der Waals surface area contributed by atoms with Gasteiger partial charge in [0, 0.05) is 14.1 Å². The molecule has 1 aromatic heterocycles. The summed E-state index contributed by atoms with van der Waals surface area (Å²) in [6.45, 7) is 3.55. The Kier molecular flexibility index (Phi) is 2.89. The van der Waals surface area contributed by atoms with Gasteiger partial charge in [-0.05, 0) is 24.3 Å². The number of carbonyl (C=O) groups excluding carboxylic acids is 1. The Labute approximate surface area is 90.4 Å². The summed E-state index contributed by atoms with van der Waals surface area (Å²) in [6.07, 6.45) is 0. The van der Waals surface area contributed by atoms with Gasteiger partial charge < -0.3 is 0 Å². The van der Waals surface area contributed by atoms with Crippen LogP contribution in [0.5, 0.6) is 0 Å². The first-order chi connectivity index (χ1) is 6.34. The minimum Gasteiger partial charge on any atom is -0.281 e. The van der Waals surface area contributed by atoms with Crippen molar-refractivity contribution in [2.24, 2.45) is 7.05 Å². The van der Waals surface area contributed by atoms with Crippen LogP contribution >= 0.6 is 15.9 Å². The van der Waals surface area contributed by atoms with Crippen LogP contribution in [-0.4, -0.2) is 37.5 Å². The lowest BCUT2D eigenvalue weighted by molar-refractivity contribution is -0.119. The molecule has 0 spiro atoms. The predicted molar refractivity (Wildman–Crippen MR) is 55.2 cm³/mol. The van der Waals surface area contributed by atoms with Gasteiger partial charge in [0.05, 0.1) is 4.32 Å². The Balaban J connectivity index is 2.92. The van der Waals surface area contributed by atoms with Gasteiger partial charge in [-0.15, -0.1) is 0 Å². The number of tetrazole rings is 1. The van der Waals surface area contributed by atoms with Gasteiger partial charge in [0.2, 0.25) is 5.91 Å². The van der Waals surface area contributed by atoms with Gasteiger partial charge in [0.25, 0.3) is 5.95 Å². The third kappa shape index (κ3) is 2.09. The molecule has 6 nitrogen and oxygen atoms in total. The molecule has 78 valence electrons.